The predicted octanol–water partition coefficient (Wildman–Crippen LogP) is 2.36. The highest BCUT2D eigenvalue weighted by molar-refractivity contribution is 5.45. The molecule has 2 N–H and O–H groups in total. The summed E-state index contributed by atoms with van der Waals surface area (Å²) in [6.45, 7) is 5.46. The number of nitrogens with zero attached hydrogens (tertiary/aromatic N) is 1. The van der Waals surface area contributed by atoms with Gasteiger partial charge in [0, 0.05) is 18.2 Å². The highest BCUT2D eigenvalue weighted by Crippen LogP contribution is 2.31. The molecule has 1 heterocycles. The van der Waals surface area contributed by atoms with Crippen molar-refractivity contribution >= 4 is 0 Å². The second kappa shape index (κ2) is 7.50. The molecule has 2 rings (SSSR count). The Bertz CT molecular complexity index is 415. The number of ether oxygens (including phenoxy) is 1. The van der Waals surface area contributed by atoms with E-state index in [1.807, 2.05) is 25.1 Å². The molecule has 1 aliphatic rings. The Morgan fingerprint density at radius 1 is 1.35 bits per heavy atom. The number of hydrogen-bond donors (Lipinski definition) is 2. The molecule has 4 nitrogen and oxygen atoms in total. The standard InChI is InChI=1S/C16H26N2O2/c1-3-20-15-8-4-6-13(16(15)19)12-18(2)14-7-5-10-17-11-9-14/h4,6,8,14,17,19H,3,5,7,9-12H2,1-2H3. The van der Waals surface area contributed by atoms with Gasteiger partial charge in [-0.3, -0.25) is 4.90 Å². The number of benzene rings is 1. The molecular formula is C16H26N2O2. The lowest BCUT2D eigenvalue weighted by Crippen LogP contribution is -2.32. The van der Waals surface area contributed by atoms with Crippen LogP contribution in [0.4, 0.5) is 0 Å². The van der Waals surface area contributed by atoms with E-state index in [4.69, 9.17) is 4.74 Å². The summed E-state index contributed by atoms with van der Waals surface area (Å²) in [5.41, 5.74) is 0.940. The van der Waals surface area contributed by atoms with Gasteiger partial charge in [0.05, 0.1) is 6.61 Å². The van der Waals surface area contributed by atoms with Crippen molar-refractivity contribution in [3.05, 3.63) is 23.8 Å². The van der Waals surface area contributed by atoms with E-state index in [0.717, 1.165) is 25.2 Å². The summed E-state index contributed by atoms with van der Waals surface area (Å²) in [4.78, 5) is 2.35. The van der Waals surface area contributed by atoms with E-state index in [1.54, 1.807) is 0 Å². The lowest BCUT2D eigenvalue weighted by Gasteiger charge is -2.27. The van der Waals surface area contributed by atoms with Crippen LogP contribution in [0.25, 0.3) is 0 Å². The summed E-state index contributed by atoms with van der Waals surface area (Å²) in [5, 5.41) is 13.7. The van der Waals surface area contributed by atoms with E-state index in [2.05, 4.69) is 17.3 Å². The van der Waals surface area contributed by atoms with Gasteiger partial charge in [-0.05, 0) is 52.4 Å². The first kappa shape index (κ1) is 15.1. The quantitative estimate of drug-likeness (QED) is 0.868. The maximum absolute atomic E-state index is 10.3. The molecule has 0 bridgehead atoms. The Morgan fingerprint density at radius 2 is 2.20 bits per heavy atom. The van der Waals surface area contributed by atoms with Gasteiger partial charge in [0.25, 0.3) is 0 Å². The lowest BCUT2D eigenvalue weighted by atomic mass is 10.1. The maximum Gasteiger partial charge on any atom is 0.162 e. The fraction of sp³-hybridized carbons (Fsp3) is 0.625. The van der Waals surface area contributed by atoms with Gasteiger partial charge in [0.1, 0.15) is 0 Å². The number of phenolic OH excluding ortho intramolecular Hbond substituents is 1. The minimum atomic E-state index is 0.285. The average Bonchev–Trinajstić information content (AvgIpc) is 2.72. The van der Waals surface area contributed by atoms with Gasteiger partial charge in [-0.15, -0.1) is 0 Å². The van der Waals surface area contributed by atoms with Crippen LogP contribution in [0.2, 0.25) is 0 Å². The number of aromatic hydroxyl groups is 1. The van der Waals surface area contributed by atoms with E-state index >= 15 is 0 Å². The van der Waals surface area contributed by atoms with Crippen LogP contribution in [-0.2, 0) is 6.54 Å². The molecule has 112 valence electrons. The second-order valence-electron chi connectivity index (χ2n) is 5.45. The minimum Gasteiger partial charge on any atom is -0.504 e. The van der Waals surface area contributed by atoms with Crippen LogP contribution in [0.3, 0.4) is 0 Å². The zero-order valence-corrected chi connectivity index (χ0v) is 12.6. The summed E-state index contributed by atoms with van der Waals surface area (Å²) in [6.07, 6.45) is 3.61. The molecular weight excluding hydrogens is 252 g/mol. The van der Waals surface area contributed by atoms with Gasteiger partial charge in [0.2, 0.25) is 0 Å². The lowest BCUT2D eigenvalue weighted by molar-refractivity contribution is 0.213. The number of phenols is 1. The highest BCUT2D eigenvalue weighted by Gasteiger charge is 2.18. The number of nitrogens with one attached hydrogen (secondary N) is 1. The van der Waals surface area contributed by atoms with E-state index in [9.17, 15) is 5.11 Å². The number of hydrogen-bond acceptors (Lipinski definition) is 4. The van der Waals surface area contributed by atoms with E-state index in [0.29, 0.717) is 18.4 Å². The summed E-state index contributed by atoms with van der Waals surface area (Å²) in [6, 6.07) is 6.32. The van der Waals surface area contributed by atoms with Crippen LogP contribution in [0.1, 0.15) is 31.7 Å². The van der Waals surface area contributed by atoms with Gasteiger partial charge < -0.3 is 15.2 Å². The average molecular weight is 278 g/mol. The molecule has 0 aromatic heterocycles. The van der Waals surface area contributed by atoms with Crippen molar-refractivity contribution < 1.29 is 9.84 Å². The molecule has 0 amide bonds. The SMILES string of the molecule is CCOc1cccc(CN(C)C2CCCNCC2)c1O. The highest BCUT2D eigenvalue weighted by atomic mass is 16.5. The first-order valence-electron chi connectivity index (χ1n) is 7.57. The topological polar surface area (TPSA) is 44.7 Å². The molecule has 0 spiro atoms. The Morgan fingerprint density at radius 3 is 3.00 bits per heavy atom. The van der Waals surface area contributed by atoms with E-state index in [-0.39, 0.29) is 5.75 Å². The van der Waals surface area contributed by atoms with Crippen molar-refractivity contribution in [2.75, 3.05) is 26.7 Å². The summed E-state index contributed by atoms with van der Waals surface area (Å²) in [7, 11) is 2.14. The molecule has 0 saturated carbocycles. The number of para-hydroxylation sites is 1. The normalized spacial score (nSPS) is 19.9. The van der Waals surface area contributed by atoms with Crippen molar-refractivity contribution in [2.24, 2.45) is 0 Å². The largest absolute Gasteiger partial charge is 0.504 e. The molecule has 4 heteroatoms. The molecule has 0 radical (unpaired) electrons. The Balaban J connectivity index is 2.02. The minimum absolute atomic E-state index is 0.285. The molecule has 1 aromatic rings. The Hall–Kier alpha value is -1.26. The van der Waals surface area contributed by atoms with Crippen LogP contribution in [-0.4, -0.2) is 42.8 Å². The van der Waals surface area contributed by atoms with E-state index in [1.165, 1.54) is 19.3 Å². The first-order chi connectivity index (χ1) is 9.72. The van der Waals surface area contributed by atoms with Gasteiger partial charge in [-0.25, -0.2) is 0 Å². The second-order valence-corrected chi connectivity index (χ2v) is 5.45. The third-order valence-corrected chi connectivity index (χ3v) is 3.97. The van der Waals surface area contributed by atoms with Crippen molar-refractivity contribution in [3.8, 4) is 11.5 Å². The number of rotatable bonds is 5. The molecule has 1 fully saturated rings. The van der Waals surface area contributed by atoms with Crippen molar-refractivity contribution in [1.82, 2.24) is 10.2 Å². The molecule has 1 aromatic carbocycles. The third-order valence-electron chi connectivity index (χ3n) is 3.97. The van der Waals surface area contributed by atoms with Crippen molar-refractivity contribution in [1.29, 1.82) is 0 Å². The van der Waals surface area contributed by atoms with Crippen LogP contribution in [0.5, 0.6) is 11.5 Å². The van der Waals surface area contributed by atoms with Crippen LogP contribution < -0.4 is 10.1 Å². The van der Waals surface area contributed by atoms with E-state index < -0.39 is 0 Å². The van der Waals surface area contributed by atoms with Gasteiger partial charge >= 0.3 is 0 Å². The Labute approximate surface area is 121 Å². The Kier molecular flexibility index (Phi) is 5.68. The smallest absolute Gasteiger partial charge is 0.162 e. The summed E-state index contributed by atoms with van der Waals surface area (Å²) >= 11 is 0. The van der Waals surface area contributed by atoms with Gasteiger partial charge in [-0.1, -0.05) is 12.1 Å². The van der Waals surface area contributed by atoms with Crippen LogP contribution >= 0.6 is 0 Å². The molecule has 1 atom stereocenters. The summed E-state index contributed by atoms with van der Waals surface area (Å²) < 4.78 is 5.45. The van der Waals surface area contributed by atoms with Crippen molar-refractivity contribution in [3.63, 3.8) is 0 Å². The monoisotopic (exact) mass is 278 g/mol. The zero-order valence-electron chi connectivity index (χ0n) is 12.6. The van der Waals surface area contributed by atoms with Crippen molar-refractivity contribution in [2.45, 2.75) is 38.8 Å². The van der Waals surface area contributed by atoms with Crippen LogP contribution in [0.15, 0.2) is 18.2 Å². The molecule has 1 unspecified atom stereocenters. The molecule has 1 aliphatic heterocycles. The molecule has 20 heavy (non-hydrogen) atoms. The molecule has 0 aliphatic carbocycles. The molecule has 1 saturated heterocycles. The summed E-state index contributed by atoms with van der Waals surface area (Å²) in [5.74, 6) is 0.869. The third kappa shape index (κ3) is 3.87. The predicted molar refractivity (Wildman–Crippen MR) is 81.3 cm³/mol. The fourth-order valence-corrected chi connectivity index (χ4v) is 2.81. The maximum atomic E-state index is 10.3. The van der Waals surface area contributed by atoms with Gasteiger partial charge in [-0.2, -0.15) is 0 Å². The zero-order chi connectivity index (χ0) is 14.4. The first-order valence-corrected chi connectivity index (χ1v) is 7.57. The van der Waals surface area contributed by atoms with Crippen LogP contribution in [0, 0.1) is 0 Å². The fourth-order valence-electron chi connectivity index (χ4n) is 2.81. The van der Waals surface area contributed by atoms with Gasteiger partial charge in [0.15, 0.2) is 11.5 Å².